The van der Waals surface area contributed by atoms with Crippen molar-refractivity contribution in [2.45, 2.75) is 0 Å². The van der Waals surface area contributed by atoms with E-state index in [1.165, 1.54) is 0 Å². The van der Waals surface area contributed by atoms with E-state index in [9.17, 15) is 0 Å². The van der Waals surface area contributed by atoms with Gasteiger partial charge in [0.15, 0.2) is 7.05 Å². The molecule has 0 saturated carbocycles. The van der Waals surface area contributed by atoms with Crippen molar-refractivity contribution < 1.29 is 4.92 Å². The lowest BCUT2D eigenvalue weighted by Crippen LogP contribution is -1.79. The summed E-state index contributed by atoms with van der Waals surface area (Å²) in [6.45, 7) is 0. The Morgan fingerprint density at radius 1 is 1.13 bits per heavy atom. The first-order valence-corrected chi connectivity index (χ1v) is 3.67. The predicted octanol–water partition coefficient (Wildman–Crippen LogP) is 1.13. The molecule has 0 fully saturated rings. The summed E-state index contributed by atoms with van der Waals surface area (Å²) in [7, 11) is 0.889. The molecule has 0 unspecified atom stereocenters. The highest BCUT2D eigenvalue weighted by Gasteiger charge is 1.57. The molecular formula is C7H12ClN5O2. The van der Waals surface area contributed by atoms with Gasteiger partial charge in [-0.3, -0.25) is 10.1 Å². The summed E-state index contributed by atoms with van der Waals surface area (Å²) in [6, 6.07) is 0. The van der Waals surface area contributed by atoms with Crippen LogP contribution in [-0.2, 0) is 0 Å². The summed E-state index contributed by atoms with van der Waals surface area (Å²) in [5, 5.41) is 8.81. The second-order valence-corrected chi connectivity index (χ2v) is 1.96. The maximum absolute atomic E-state index is 8.81. The molecule has 0 atom stereocenters. The minimum absolute atomic E-state index is 0. The minimum atomic E-state index is -0.500. The molecule has 0 saturated heterocycles. The van der Waals surface area contributed by atoms with E-state index in [1.54, 1.807) is 37.4 Å². The maximum atomic E-state index is 8.81. The summed E-state index contributed by atoms with van der Waals surface area (Å²) < 4.78 is 0. The van der Waals surface area contributed by atoms with Gasteiger partial charge >= 0.3 is 0 Å². The summed E-state index contributed by atoms with van der Waals surface area (Å²) >= 11 is 0. The average Bonchev–Trinajstić information content (AvgIpc) is 2.83. The highest BCUT2D eigenvalue weighted by atomic mass is 35.5. The van der Waals surface area contributed by atoms with Crippen LogP contribution in [0.25, 0.3) is 0 Å². The van der Waals surface area contributed by atoms with Gasteiger partial charge in [0.2, 0.25) is 0 Å². The van der Waals surface area contributed by atoms with E-state index in [4.69, 9.17) is 10.1 Å². The van der Waals surface area contributed by atoms with E-state index in [0.717, 1.165) is 7.05 Å². The molecule has 84 valence electrons. The normalized spacial score (nSPS) is 7.00. The first-order chi connectivity index (χ1) is 6.73. The summed E-state index contributed by atoms with van der Waals surface area (Å²) in [5.74, 6) is 0. The van der Waals surface area contributed by atoms with Crippen LogP contribution in [0.15, 0.2) is 37.4 Å². The molecule has 2 N–H and O–H groups in total. The molecule has 7 nitrogen and oxygen atoms in total. The molecule has 0 aromatic carbocycles. The molecule has 2 rings (SSSR count). The van der Waals surface area contributed by atoms with Crippen molar-refractivity contribution in [3.63, 3.8) is 0 Å². The largest absolute Gasteiger partial charge is 0.351 e. The van der Waals surface area contributed by atoms with E-state index in [2.05, 4.69) is 19.9 Å². The molecule has 0 bridgehead atoms. The zero-order chi connectivity index (χ0) is 10.6. The van der Waals surface area contributed by atoms with Crippen LogP contribution in [0, 0.1) is 10.1 Å². The standard InChI is InChI=1S/2C3H4N2.CH3NO2.ClH/c2*1-2-5-3-4-1;1-2(3)4;/h2*1-3H,(H,4,5);1H3;1H. The van der Waals surface area contributed by atoms with Crippen molar-refractivity contribution in [2.75, 3.05) is 7.05 Å². The molecule has 2 heterocycles. The summed E-state index contributed by atoms with van der Waals surface area (Å²) in [6.07, 6.45) is 10.2. The summed E-state index contributed by atoms with van der Waals surface area (Å²) in [4.78, 5) is 21.1. The average molecular weight is 234 g/mol. The number of hydrogen-bond donors (Lipinski definition) is 2. The van der Waals surface area contributed by atoms with E-state index in [1.807, 2.05) is 0 Å². The Morgan fingerprint density at radius 3 is 1.53 bits per heavy atom. The first kappa shape index (κ1) is 15.6. The lowest BCUT2D eigenvalue weighted by molar-refractivity contribution is -0.445. The fraction of sp³-hybridized carbons (Fsp3) is 0.143. The van der Waals surface area contributed by atoms with Crippen LogP contribution in [0.1, 0.15) is 0 Å². The van der Waals surface area contributed by atoms with E-state index in [-0.39, 0.29) is 12.4 Å². The fourth-order valence-corrected chi connectivity index (χ4v) is 0.430. The van der Waals surface area contributed by atoms with Gasteiger partial charge in [0.05, 0.1) is 12.7 Å². The molecule has 0 aliphatic carbocycles. The molecule has 0 radical (unpaired) electrons. The smallest absolute Gasteiger partial charge is 0.194 e. The van der Waals surface area contributed by atoms with E-state index >= 15 is 0 Å². The van der Waals surface area contributed by atoms with Gasteiger partial charge in [0, 0.05) is 29.7 Å². The quantitative estimate of drug-likeness (QED) is 0.526. The number of nitrogens with zero attached hydrogens (tertiary/aromatic N) is 3. The number of rotatable bonds is 0. The van der Waals surface area contributed by atoms with Crippen LogP contribution < -0.4 is 0 Å². The van der Waals surface area contributed by atoms with Crippen molar-refractivity contribution in [3.05, 3.63) is 47.6 Å². The fourth-order valence-electron chi connectivity index (χ4n) is 0.430. The molecule has 15 heavy (non-hydrogen) atoms. The van der Waals surface area contributed by atoms with Gasteiger partial charge in [-0.15, -0.1) is 12.4 Å². The van der Waals surface area contributed by atoms with Crippen molar-refractivity contribution >= 4 is 12.4 Å². The zero-order valence-electron chi connectivity index (χ0n) is 8.03. The van der Waals surface area contributed by atoms with Gasteiger partial charge in [-0.25, -0.2) is 9.97 Å². The van der Waals surface area contributed by atoms with Crippen molar-refractivity contribution in [1.82, 2.24) is 19.9 Å². The number of H-pyrrole nitrogens is 2. The van der Waals surface area contributed by atoms with Gasteiger partial charge < -0.3 is 9.97 Å². The molecule has 8 heteroatoms. The van der Waals surface area contributed by atoms with Crippen LogP contribution in [0.2, 0.25) is 0 Å². The predicted molar refractivity (Wildman–Crippen MR) is 57.3 cm³/mol. The van der Waals surface area contributed by atoms with Crippen LogP contribution in [0.3, 0.4) is 0 Å². The minimum Gasteiger partial charge on any atom is -0.351 e. The SMILES string of the molecule is C[N+](=O)[O-].Cl.c1c[nH]cn1.c1c[nH]cn1. The Kier molecular flexibility index (Phi) is 12.6. The second kappa shape index (κ2) is 12.1. The molecule has 0 aliphatic rings. The molecule has 0 spiro atoms. The van der Waals surface area contributed by atoms with Gasteiger partial charge in [0.1, 0.15) is 0 Å². The lowest BCUT2D eigenvalue weighted by atomic mass is 11.0. The number of aromatic amines is 2. The number of hydrogen-bond acceptors (Lipinski definition) is 4. The van der Waals surface area contributed by atoms with E-state index < -0.39 is 4.92 Å². The van der Waals surface area contributed by atoms with Crippen molar-refractivity contribution in [1.29, 1.82) is 0 Å². The van der Waals surface area contributed by atoms with Crippen molar-refractivity contribution in [3.8, 4) is 0 Å². The number of aromatic nitrogens is 4. The van der Waals surface area contributed by atoms with Crippen LogP contribution in [0.5, 0.6) is 0 Å². The maximum Gasteiger partial charge on any atom is 0.194 e. The van der Waals surface area contributed by atoms with Gasteiger partial charge in [0.25, 0.3) is 0 Å². The third-order valence-electron chi connectivity index (χ3n) is 0.812. The lowest BCUT2D eigenvalue weighted by Gasteiger charge is -1.63. The Morgan fingerprint density at radius 2 is 1.47 bits per heavy atom. The Balaban J connectivity index is 0. The Labute approximate surface area is 92.5 Å². The molecule has 2 aromatic rings. The topological polar surface area (TPSA) is 100 Å². The van der Waals surface area contributed by atoms with Gasteiger partial charge in [-0.2, -0.15) is 0 Å². The Bertz CT molecular complexity index is 232. The van der Waals surface area contributed by atoms with Crippen molar-refractivity contribution in [2.24, 2.45) is 0 Å². The molecule has 2 aromatic heterocycles. The molecular weight excluding hydrogens is 222 g/mol. The second-order valence-electron chi connectivity index (χ2n) is 1.96. The van der Waals surface area contributed by atoms with Crippen LogP contribution in [0.4, 0.5) is 0 Å². The van der Waals surface area contributed by atoms with Gasteiger partial charge in [-0.1, -0.05) is 0 Å². The Hall–Kier alpha value is -1.89. The number of nitrogens with one attached hydrogen (secondary N) is 2. The highest BCUT2D eigenvalue weighted by Crippen LogP contribution is 1.63. The third kappa shape index (κ3) is 18.8. The first-order valence-electron chi connectivity index (χ1n) is 3.67. The summed E-state index contributed by atoms with van der Waals surface area (Å²) in [5.41, 5.74) is 0. The molecule has 0 aliphatic heterocycles. The number of halogens is 1. The van der Waals surface area contributed by atoms with Crippen LogP contribution in [-0.4, -0.2) is 31.9 Å². The zero-order valence-corrected chi connectivity index (χ0v) is 8.85. The third-order valence-corrected chi connectivity index (χ3v) is 0.812. The number of imidazole rings is 2. The van der Waals surface area contributed by atoms with Gasteiger partial charge in [-0.05, 0) is 0 Å². The van der Waals surface area contributed by atoms with Crippen LogP contribution >= 0.6 is 12.4 Å². The molecule has 0 amide bonds. The monoisotopic (exact) mass is 233 g/mol. The highest BCUT2D eigenvalue weighted by molar-refractivity contribution is 5.85. The van der Waals surface area contributed by atoms with E-state index in [0.29, 0.717) is 0 Å². The number of nitro groups is 1.